The van der Waals surface area contributed by atoms with Crippen molar-refractivity contribution in [3.63, 3.8) is 0 Å². The Morgan fingerprint density at radius 2 is 2.12 bits per heavy atom. The quantitative estimate of drug-likeness (QED) is 0.805. The van der Waals surface area contributed by atoms with Gasteiger partial charge >= 0.3 is 0 Å². The van der Waals surface area contributed by atoms with Crippen molar-refractivity contribution < 1.29 is 9.18 Å². The molecule has 17 heavy (non-hydrogen) atoms. The molecule has 2 unspecified atom stereocenters. The molecule has 1 aromatic carbocycles. The van der Waals surface area contributed by atoms with Crippen molar-refractivity contribution >= 4 is 37.8 Å². The lowest BCUT2D eigenvalue weighted by Gasteiger charge is -2.15. The first-order valence-corrected chi connectivity index (χ1v) is 7.01. The Hall–Kier alpha value is -0.420. The summed E-state index contributed by atoms with van der Waals surface area (Å²) >= 11 is 6.66. The van der Waals surface area contributed by atoms with E-state index in [1.807, 2.05) is 13.8 Å². The van der Waals surface area contributed by atoms with Gasteiger partial charge in [0.15, 0.2) is 0 Å². The van der Waals surface area contributed by atoms with E-state index in [0.29, 0.717) is 14.9 Å². The number of carbonyl (C=O) groups is 1. The zero-order valence-corrected chi connectivity index (χ0v) is 12.8. The second-order valence-electron chi connectivity index (χ2n) is 4.02. The highest BCUT2D eigenvalue weighted by Crippen LogP contribution is 2.18. The zero-order chi connectivity index (χ0) is 13.0. The number of hydrogen-bond acceptors (Lipinski definition) is 1. The molecule has 2 nitrogen and oxygen atoms in total. The molecule has 0 aliphatic rings. The van der Waals surface area contributed by atoms with Crippen LogP contribution in [0, 0.1) is 5.82 Å². The molecule has 0 bridgehead atoms. The lowest BCUT2D eigenvalue weighted by Crippen LogP contribution is -2.34. The first-order valence-electron chi connectivity index (χ1n) is 5.30. The van der Waals surface area contributed by atoms with Gasteiger partial charge in [-0.1, -0.05) is 22.9 Å². The van der Waals surface area contributed by atoms with Crippen LogP contribution in [0.25, 0.3) is 0 Å². The molecule has 0 spiro atoms. The van der Waals surface area contributed by atoms with Gasteiger partial charge in [-0.3, -0.25) is 4.79 Å². The maximum Gasteiger partial charge on any atom is 0.252 e. The minimum absolute atomic E-state index is 0.0343. The number of hydrogen-bond donors (Lipinski definition) is 1. The molecule has 0 aliphatic heterocycles. The lowest BCUT2D eigenvalue weighted by molar-refractivity contribution is 0.0937. The predicted molar refractivity (Wildman–Crippen MR) is 74.0 cm³/mol. The number of alkyl halides is 1. The van der Waals surface area contributed by atoms with Gasteiger partial charge in [-0.25, -0.2) is 4.39 Å². The average molecular weight is 367 g/mol. The molecular formula is C12H14Br2FNO. The highest BCUT2D eigenvalue weighted by molar-refractivity contribution is 9.10. The minimum Gasteiger partial charge on any atom is -0.350 e. The van der Waals surface area contributed by atoms with Gasteiger partial charge in [0.25, 0.3) is 5.91 Å². The summed E-state index contributed by atoms with van der Waals surface area (Å²) < 4.78 is 13.6. The van der Waals surface area contributed by atoms with Crippen LogP contribution in [0.1, 0.15) is 30.6 Å². The highest BCUT2D eigenvalue weighted by atomic mass is 79.9. The number of rotatable bonds is 4. The molecule has 0 aliphatic carbocycles. The number of halogens is 3. The maximum atomic E-state index is 13.0. The van der Waals surface area contributed by atoms with Crippen LogP contribution in [0.4, 0.5) is 4.39 Å². The Labute approximate surface area is 117 Å². The van der Waals surface area contributed by atoms with Crippen LogP contribution < -0.4 is 5.32 Å². The van der Waals surface area contributed by atoms with Crippen LogP contribution in [0.2, 0.25) is 0 Å². The topological polar surface area (TPSA) is 29.1 Å². The fraction of sp³-hybridized carbons (Fsp3) is 0.417. The molecule has 0 saturated heterocycles. The zero-order valence-electron chi connectivity index (χ0n) is 9.64. The highest BCUT2D eigenvalue weighted by Gasteiger charge is 2.14. The molecule has 2 atom stereocenters. The minimum atomic E-state index is -0.417. The average Bonchev–Trinajstić information content (AvgIpc) is 2.20. The molecular weight excluding hydrogens is 353 g/mol. The summed E-state index contributed by atoms with van der Waals surface area (Å²) in [6.45, 7) is 3.93. The molecule has 0 heterocycles. The Morgan fingerprint density at radius 3 is 2.71 bits per heavy atom. The number of benzene rings is 1. The van der Waals surface area contributed by atoms with Crippen molar-refractivity contribution in [1.82, 2.24) is 5.32 Å². The van der Waals surface area contributed by atoms with Gasteiger partial charge < -0.3 is 5.32 Å². The molecule has 1 N–H and O–H groups in total. The summed E-state index contributed by atoms with van der Waals surface area (Å²) in [5.41, 5.74) is 0.319. The number of nitrogens with one attached hydrogen (secondary N) is 1. The fourth-order valence-corrected chi connectivity index (χ4v) is 2.51. The Bertz CT molecular complexity index is 409. The van der Waals surface area contributed by atoms with Crippen molar-refractivity contribution in [2.24, 2.45) is 0 Å². The molecule has 1 rings (SSSR count). The first kappa shape index (κ1) is 14.6. The van der Waals surface area contributed by atoms with Crippen molar-refractivity contribution in [2.45, 2.75) is 31.1 Å². The Balaban J connectivity index is 2.73. The standard InChI is InChI=1S/C12H14Br2FNO/c1-7(13)5-8(2)16-12(17)10-6-9(15)3-4-11(10)14/h3-4,6-8H,5H2,1-2H3,(H,16,17). The van der Waals surface area contributed by atoms with Gasteiger partial charge in [0, 0.05) is 15.3 Å². The van der Waals surface area contributed by atoms with Gasteiger partial charge in [-0.2, -0.15) is 0 Å². The summed E-state index contributed by atoms with van der Waals surface area (Å²) in [4.78, 5) is 12.2. The smallest absolute Gasteiger partial charge is 0.252 e. The van der Waals surface area contributed by atoms with E-state index < -0.39 is 5.82 Å². The van der Waals surface area contributed by atoms with Gasteiger partial charge in [-0.05, 0) is 47.5 Å². The third kappa shape index (κ3) is 4.76. The van der Waals surface area contributed by atoms with E-state index >= 15 is 0 Å². The number of amides is 1. The molecule has 1 amide bonds. The van der Waals surface area contributed by atoms with Crippen molar-refractivity contribution in [3.05, 3.63) is 34.1 Å². The summed E-state index contributed by atoms with van der Waals surface area (Å²) in [6, 6.07) is 4.10. The van der Waals surface area contributed by atoms with Crippen molar-refractivity contribution in [1.29, 1.82) is 0 Å². The maximum absolute atomic E-state index is 13.0. The summed E-state index contributed by atoms with van der Waals surface area (Å²) in [5.74, 6) is -0.683. The SMILES string of the molecule is CC(Br)CC(C)NC(=O)c1cc(F)ccc1Br. The summed E-state index contributed by atoms with van der Waals surface area (Å²) in [6.07, 6.45) is 0.818. The Morgan fingerprint density at radius 1 is 1.47 bits per heavy atom. The largest absolute Gasteiger partial charge is 0.350 e. The van der Waals surface area contributed by atoms with Gasteiger partial charge in [0.05, 0.1) is 5.56 Å². The third-order valence-electron chi connectivity index (χ3n) is 2.23. The lowest BCUT2D eigenvalue weighted by atomic mass is 10.1. The van der Waals surface area contributed by atoms with E-state index in [-0.39, 0.29) is 11.9 Å². The normalized spacial score (nSPS) is 14.2. The Kier molecular flexibility index (Phi) is 5.59. The second-order valence-corrected chi connectivity index (χ2v) is 6.43. The molecule has 0 aromatic heterocycles. The molecule has 0 radical (unpaired) electrons. The fourth-order valence-electron chi connectivity index (χ4n) is 1.52. The van der Waals surface area contributed by atoms with Crippen LogP contribution >= 0.6 is 31.9 Å². The van der Waals surface area contributed by atoms with E-state index in [2.05, 4.69) is 37.2 Å². The molecule has 0 saturated carbocycles. The molecule has 5 heteroatoms. The first-order chi connectivity index (χ1) is 7.90. The van der Waals surface area contributed by atoms with Gasteiger partial charge in [-0.15, -0.1) is 0 Å². The van der Waals surface area contributed by atoms with E-state index in [9.17, 15) is 9.18 Å². The molecule has 94 valence electrons. The van der Waals surface area contributed by atoms with Crippen LogP contribution in [-0.4, -0.2) is 16.8 Å². The van der Waals surface area contributed by atoms with E-state index in [1.54, 1.807) is 0 Å². The summed E-state index contributed by atoms with van der Waals surface area (Å²) in [7, 11) is 0. The third-order valence-corrected chi connectivity index (χ3v) is 3.29. The molecule has 0 fully saturated rings. The van der Waals surface area contributed by atoms with Crippen molar-refractivity contribution in [3.8, 4) is 0 Å². The van der Waals surface area contributed by atoms with Crippen molar-refractivity contribution in [2.75, 3.05) is 0 Å². The predicted octanol–water partition coefficient (Wildman–Crippen LogP) is 3.88. The van der Waals surface area contributed by atoms with Crippen LogP contribution in [0.5, 0.6) is 0 Å². The van der Waals surface area contributed by atoms with Crippen LogP contribution in [0.15, 0.2) is 22.7 Å². The van der Waals surface area contributed by atoms with Crippen LogP contribution in [0.3, 0.4) is 0 Å². The molecule has 1 aromatic rings. The summed E-state index contributed by atoms with van der Waals surface area (Å²) in [5, 5.41) is 2.83. The number of carbonyl (C=O) groups excluding carboxylic acids is 1. The van der Waals surface area contributed by atoms with E-state index in [4.69, 9.17) is 0 Å². The van der Waals surface area contributed by atoms with Gasteiger partial charge in [0.2, 0.25) is 0 Å². The van der Waals surface area contributed by atoms with E-state index in [0.717, 1.165) is 6.42 Å². The van der Waals surface area contributed by atoms with E-state index in [1.165, 1.54) is 18.2 Å². The second kappa shape index (κ2) is 6.50. The van der Waals surface area contributed by atoms with Crippen LogP contribution in [-0.2, 0) is 0 Å². The monoisotopic (exact) mass is 365 g/mol. The van der Waals surface area contributed by atoms with Gasteiger partial charge in [0.1, 0.15) is 5.82 Å².